The van der Waals surface area contributed by atoms with E-state index in [1.165, 1.54) is 6.26 Å². The largest absolute Gasteiger partial charge is 0.467 e. The number of hydrogen-bond acceptors (Lipinski definition) is 4. The summed E-state index contributed by atoms with van der Waals surface area (Å²) >= 11 is 5.87. The highest BCUT2D eigenvalue weighted by atomic mass is 35.5. The van der Waals surface area contributed by atoms with Crippen molar-refractivity contribution >= 4 is 29.3 Å². The van der Waals surface area contributed by atoms with E-state index in [-0.39, 0.29) is 25.4 Å². The van der Waals surface area contributed by atoms with Crippen molar-refractivity contribution in [1.29, 1.82) is 0 Å². The van der Waals surface area contributed by atoms with Crippen LogP contribution in [-0.4, -0.2) is 30.3 Å². The fourth-order valence-corrected chi connectivity index (χ4v) is 2.98. The maximum absolute atomic E-state index is 12.8. The number of rotatable bonds is 9. The van der Waals surface area contributed by atoms with Crippen molar-refractivity contribution in [3.8, 4) is 0 Å². The van der Waals surface area contributed by atoms with Crippen LogP contribution in [-0.2, 0) is 22.6 Å². The smallest absolute Gasteiger partial charge is 0.251 e. The molecule has 3 rings (SSSR count). The van der Waals surface area contributed by atoms with E-state index < -0.39 is 17.9 Å². The quantitative estimate of drug-likeness (QED) is 0.477. The van der Waals surface area contributed by atoms with Crippen LogP contribution in [0.25, 0.3) is 0 Å². The summed E-state index contributed by atoms with van der Waals surface area (Å²) < 4.78 is 5.15. The second-order valence-corrected chi connectivity index (χ2v) is 7.23. The van der Waals surface area contributed by atoms with E-state index in [0.717, 1.165) is 5.56 Å². The normalized spacial score (nSPS) is 11.4. The number of carbonyl (C=O) groups excluding carboxylic acids is 3. The van der Waals surface area contributed by atoms with Crippen molar-refractivity contribution in [3.05, 3.63) is 94.9 Å². The van der Waals surface area contributed by atoms with Crippen LogP contribution in [0, 0.1) is 0 Å². The third kappa shape index (κ3) is 7.01. The Hall–Kier alpha value is -3.58. The molecule has 1 unspecified atom stereocenters. The highest BCUT2D eigenvalue weighted by Gasteiger charge is 2.22. The standard InChI is InChI=1S/C23H22ClN3O4/c24-18-10-8-17(9-11-18)22(29)27-20(13-16-5-2-1-3-6-16)23(30)26-15-21(28)25-14-19-7-4-12-31-19/h1-12,20H,13-15H2,(H,25,28)(H,26,30)(H,27,29). The monoisotopic (exact) mass is 439 g/mol. The summed E-state index contributed by atoms with van der Waals surface area (Å²) in [6, 6.07) is 18.3. The zero-order chi connectivity index (χ0) is 22.1. The lowest BCUT2D eigenvalue weighted by molar-refractivity contribution is -0.127. The minimum absolute atomic E-state index is 0.221. The SMILES string of the molecule is O=C(CNC(=O)C(Cc1ccccc1)NC(=O)c1ccc(Cl)cc1)NCc1ccco1. The summed E-state index contributed by atoms with van der Waals surface area (Å²) in [5.74, 6) is -0.626. The lowest BCUT2D eigenvalue weighted by Gasteiger charge is -2.19. The average molecular weight is 440 g/mol. The van der Waals surface area contributed by atoms with Gasteiger partial charge in [-0.15, -0.1) is 0 Å². The lowest BCUT2D eigenvalue weighted by atomic mass is 10.0. The van der Waals surface area contributed by atoms with Crippen LogP contribution in [0.2, 0.25) is 5.02 Å². The molecule has 0 saturated heterocycles. The van der Waals surface area contributed by atoms with Crippen LogP contribution in [0.3, 0.4) is 0 Å². The predicted octanol–water partition coefficient (Wildman–Crippen LogP) is 2.71. The van der Waals surface area contributed by atoms with Crippen LogP contribution >= 0.6 is 11.6 Å². The highest BCUT2D eigenvalue weighted by Crippen LogP contribution is 2.10. The number of nitrogens with one attached hydrogen (secondary N) is 3. The Bertz CT molecular complexity index is 1010. The number of hydrogen-bond donors (Lipinski definition) is 3. The Labute approximate surface area is 184 Å². The van der Waals surface area contributed by atoms with Gasteiger partial charge in [0.15, 0.2) is 0 Å². The van der Waals surface area contributed by atoms with Crippen LogP contribution in [0.1, 0.15) is 21.7 Å². The third-order valence-electron chi connectivity index (χ3n) is 4.47. The Balaban J connectivity index is 1.60. The fourth-order valence-electron chi connectivity index (χ4n) is 2.85. The minimum atomic E-state index is -0.858. The second kappa shape index (κ2) is 11.0. The molecule has 31 heavy (non-hydrogen) atoms. The van der Waals surface area contributed by atoms with Crippen molar-refractivity contribution in [2.45, 2.75) is 19.0 Å². The van der Waals surface area contributed by atoms with Gasteiger partial charge in [-0.25, -0.2) is 0 Å². The molecule has 0 aliphatic heterocycles. The van der Waals surface area contributed by atoms with Crippen molar-refractivity contribution < 1.29 is 18.8 Å². The van der Waals surface area contributed by atoms with Gasteiger partial charge in [0, 0.05) is 17.0 Å². The molecule has 0 spiro atoms. The summed E-state index contributed by atoms with van der Waals surface area (Å²) in [5.41, 5.74) is 1.26. The number of amides is 3. The van der Waals surface area contributed by atoms with Crippen LogP contribution in [0.5, 0.6) is 0 Å². The van der Waals surface area contributed by atoms with Crippen molar-refractivity contribution in [2.75, 3.05) is 6.54 Å². The van der Waals surface area contributed by atoms with E-state index in [1.807, 2.05) is 30.3 Å². The topological polar surface area (TPSA) is 100 Å². The predicted molar refractivity (Wildman–Crippen MR) is 116 cm³/mol. The van der Waals surface area contributed by atoms with Gasteiger partial charge in [0.05, 0.1) is 19.4 Å². The van der Waals surface area contributed by atoms with E-state index in [1.54, 1.807) is 36.4 Å². The first-order valence-corrected chi connectivity index (χ1v) is 10.1. The van der Waals surface area contributed by atoms with Gasteiger partial charge in [0.1, 0.15) is 11.8 Å². The molecule has 8 heteroatoms. The molecule has 1 aromatic heterocycles. The molecule has 0 saturated carbocycles. The van der Waals surface area contributed by atoms with E-state index in [2.05, 4.69) is 16.0 Å². The molecule has 0 aliphatic carbocycles. The molecule has 0 bridgehead atoms. The Morgan fingerprint density at radius 2 is 1.65 bits per heavy atom. The Morgan fingerprint density at radius 3 is 2.32 bits per heavy atom. The van der Waals surface area contributed by atoms with Gasteiger partial charge in [-0.3, -0.25) is 14.4 Å². The zero-order valence-electron chi connectivity index (χ0n) is 16.6. The third-order valence-corrected chi connectivity index (χ3v) is 4.73. The summed E-state index contributed by atoms with van der Waals surface area (Å²) in [6.07, 6.45) is 1.79. The average Bonchev–Trinajstić information content (AvgIpc) is 3.30. The summed E-state index contributed by atoms with van der Waals surface area (Å²) in [6.45, 7) is 0.00406. The molecule has 0 aliphatic rings. The molecule has 2 aromatic carbocycles. The van der Waals surface area contributed by atoms with Crippen LogP contribution in [0.15, 0.2) is 77.4 Å². The van der Waals surface area contributed by atoms with Crippen LogP contribution in [0.4, 0.5) is 0 Å². The maximum Gasteiger partial charge on any atom is 0.251 e. The summed E-state index contributed by atoms with van der Waals surface area (Å²) in [7, 11) is 0. The first-order valence-electron chi connectivity index (χ1n) is 9.68. The van der Waals surface area contributed by atoms with E-state index in [9.17, 15) is 14.4 Å². The molecule has 0 fully saturated rings. The van der Waals surface area contributed by atoms with Gasteiger partial charge in [-0.05, 0) is 42.0 Å². The molecule has 0 radical (unpaired) electrons. The molecule has 3 N–H and O–H groups in total. The van der Waals surface area contributed by atoms with E-state index in [4.69, 9.17) is 16.0 Å². The molecule has 1 heterocycles. The lowest BCUT2D eigenvalue weighted by Crippen LogP contribution is -2.50. The van der Waals surface area contributed by atoms with E-state index in [0.29, 0.717) is 16.3 Å². The molecular formula is C23H22ClN3O4. The first kappa shape index (κ1) is 22.1. The highest BCUT2D eigenvalue weighted by molar-refractivity contribution is 6.30. The molecule has 160 valence electrons. The summed E-state index contributed by atoms with van der Waals surface area (Å²) in [4.78, 5) is 37.4. The Morgan fingerprint density at radius 1 is 0.903 bits per heavy atom. The maximum atomic E-state index is 12.8. The van der Waals surface area contributed by atoms with Gasteiger partial charge >= 0.3 is 0 Å². The van der Waals surface area contributed by atoms with Gasteiger partial charge in [-0.2, -0.15) is 0 Å². The van der Waals surface area contributed by atoms with Crippen molar-refractivity contribution in [3.63, 3.8) is 0 Å². The molecule has 1 atom stereocenters. The molecule has 3 amide bonds. The van der Waals surface area contributed by atoms with Gasteiger partial charge in [0.2, 0.25) is 11.8 Å². The van der Waals surface area contributed by atoms with Crippen molar-refractivity contribution in [2.24, 2.45) is 0 Å². The fraction of sp³-hybridized carbons (Fsp3) is 0.174. The molecule has 3 aromatic rings. The van der Waals surface area contributed by atoms with Gasteiger partial charge in [-0.1, -0.05) is 41.9 Å². The Kier molecular flexibility index (Phi) is 7.84. The summed E-state index contributed by atoms with van der Waals surface area (Å²) in [5, 5.41) is 8.48. The number of carbonyl (C=O) groups is 3. The molecule has 7 nitrogen and oxygen atoms in total. The first-order chi connectivity index (χ1) is 15.0. The minimum Gasteiger partial charge on any atom is -0.467 e. The second-order valence-electron chi connectivity index (χ2n) is 6.80. The van der Waals surface area contributed by atoms with Crippen LogP contribution < -0.4 is 16.0 Å². The van der Waals surface area contributed by atoms with E-state index >= 15 is 0 Å². The molecular weight excluding hydrogens is 418 g/mol. The number of benzene rings is 2. The van der Waals surface area contributed by atoms with Crippen molar-refractivity contribution in [1.82, 2.24) is 16.0 Å². The number of halogens is 1. The van der Waals surface area contributed by atoms with Gasteiger partial charge < -0.3 is 20.4 Å². The van der Waals surface area contributed by atoms with Gasteiger partial charge in [0.25, 0.3) is 5.91 Å². The number of furan rings is 1. The zero-order valence-corrected chi connectivity index (χ0v) is 17.4.